The summed E-state index contributed by atoms with van der Waals surface area (Å²) in [4.78, 5) is 20.0. The van der Waals surface area contributed by atoms with E-state index in [1.165, 1.54) is 0 Å². The van der Waals surface area contributed by atoms with Crippen molar-refractivity contribution in [3.63, 3.8) is 0 Å². The molecule has 2 heterocycles. The predicted molar refractivity (Wildman–Crippen MR) is 78.0 cm³/mol. The van der Waals surface area contributed by atoms with Crippen molar-refractivity contribution in [1.82, 2.24) is 20.6 Å². The lowest BCUT2D eigenvalue weighted by atomic mass is 10.1. The summed E-state index contributed by atoms with van der Waals surface area (Å²) in [5.74, 6) is 0. The van der Waals surface area contributed by atoms with Gasteiger partial charge in [-0.05, 0) is 30.2 Å². The molecule has 104 valence electrons. The van der Waals surface area contributed by atoms with Crippen LogP contribution in [-0.2, 0) is 6.54 Å². The highest BCUT2D eigenvalue weighted by Crippen LogP contribution is 2.19. The fraction of sp³-hybridized carbons (Fsp3) is 0.267. The number of hydrogen-bond acceptors (Lipinski definition) is 3. The molecule has 0 atom stereocenters. The fourth-order valence-electron chi connectivity index (χ4n) is 1.83. The smallest absolute Gasteiger partial charge is 0.315 e. The summed E-state index contributed by atoms with van der Waals surface area (Å²) in [6.07, 6.45) is 6.13. The van der Waals surface area contributed by atoms with Gasteiger partial charge in [-0.1, -0.05) is 13.0 Å². The molecule has 0 spiro atoms. The number of hydrogen-bond donors (Lipinski definition) is 2. The fourth-order valence-corrected chi connectivity index (χ4v) is 1.83. The van der Waals surface area contributed by atoms with Gasteiger partial charge in [0.25, 0.3) is 0 Å². The second-order valence-corrected chi connectivity index (χ2v) is 4.36. The molecule has 20 heavy (non-hydrogen) atoms. The lowest BCUT2D eigenvalue weighted by Crippen LogP contribution is -2.35. The molecule has 2 N–H and O–H groups in total. The molecule has 0 unspecified atom stereocenters. The molecule has 0 radical (unpaired) electrons. The molecule has 2 aromatic rings. The lowest BCUT2D eigenvalue weighted by molar-refractivity contribution is 0.240. The molecule has 5 nitrogen and oxygen atoms in total. The highest BCUT2D eigenvalue weighted by Gasteiger charge is 2.07. The van der Waals surface area contributed by atoms with Gasteiger partial charge in [-0.2, -0.15) is 0 Å². The Hall–Kier alpha value is -2.43. The molecule has 2 aromatic heterocycles. The van der Waals surface area contributed by atoms with Crippen LogP contribution in [0.1, 0.15) is 18.9 Å². The number of nitrogens with one attached hydrogen (secondary N) is 2. The van der Waals surface area contributed by atoms with Crippen LogP contribution in [-0.4, -0.2) is 22.5 Å². The van der Waals surface area contributed by atoms with Crippen molar-refractivity contribution in [2.24, 2.45) is 0 Å². The molecule has 0 aliphatic rings. The Balaban J connectivity index is 2.07. The molecule has 0 saturated heterocycles. The van der Waals surface area contributed by atoms with E-state index >= 15 is 0 Å². The van der Waals surface area contributed by atoms with E-state index in [9.17, 15) is 4.79 Å². The molecule has 0 bridgehead atoms. The third-order valence-electron chi connectivity index (χ3n) is 2.82. The van der Waals surface area contributed by atoms with Crippen LogP contribution in [0.4, 0.5) is 4.79 Å². The summed E-state index contributed by atoms with van der Waals surface area (Å²) in [6, 6.07) is 7.48. The third-order valence-corrected chi connectivity index (χ3v) is 2.82. The Morgan fingerprint density at radius 2 is 1.95 bits per heavy atom. The summed E-state index contributed by atoms with van der Waals surface area (Å²) in [5.41, 5.74) is 2.84. The van der Waals surface area contributed by atoms with Gasteiger partial charge in [0.2, 0.25) is 0 Å². The van der Waals surface area contributed by atoms with Crippen molar-refractivity contribution >= 4 is 6.03 Å². The average Bonchev–Trinajstić information content (AvgIpc) is 2.52. The summed E-state index contributed by atoms with van der Waals surface area (Å²) >= 11 is 0. The molecule has 0 fully saturated rings. The molecule has 2 rings (SSSR count). The molecule has 0 aliphatic heterocycles. The van der Waals surface area contributed by atoms with E-state index < -0.39 is 0 Å². The van der Waals surface area contributed by atoms with E-state index in [1.807, 2.05) is 31.2 Å². The quantitative estimate of drug-likeness (QED) is 0.876. The van der Waals surface area contributed by atoms with Crippen LogP contribution < -0.4 is 10.6 Å². The Labute approximate surface area is 118 Å². The van der Waals surface area contributed by atoms with E-state index in [-0.39, 0.29) is 6.03 Å². The Bertz CT molecular complexity index is 557. The minimum absolute atomic E-state index is 0.156. The zero-order chi connectivity index (χ0) is 14.2. The van der Waals surface area contributed by atoms with Gasteiger partial charge >= 0.3 is 6.03 Å². The predicted octanol–water partition coefficient (Wildman–Crippen LogP) is 2.35. The molecular formula is C15H18N4O. The van der Waals surface area contributed by atoms with E-state index in [1.54, 1.807) is 18.6 Å². The number of aromatic nitrogens is 2. The maximum absolute atomic E-state index is 11.6. The van der Waals surface area contributed by atoms with Crippen LogP contribution in [0.2, 0.25) is 0 Å². The van der Waals surface area contributed by atoms with Crippen LogP contribution in [0.3, 0.4) is 0 Å². The summed E-state index contributed by atoms with van der Waals surface area (Å²) in [6.45, 7) is 3.14. The first-order valence-corrected chi connectivity index (χ1v) is 6.67. The van der Waals surface area contributed by atoms with Crippen LogP contribution in [0, 0.1) is 0 Å². The lowest BCUT2D eigenvalue weighted by Gasteiger charge is -2.10. The summed E-state index contributed by atoms with van der Waals surface area (Å²) in [7, 11) is 0. The topological polar surface area (TPSA) is 66.9 Å². The molecule has 0 saturated carbocycles. The van der Waals surface area contributed by atoms with Crippen LogP contribution in [0.15, 0.2) is 42.9 Å². The van der Waals surface area contributed by atoms with Gasteiger partial charge in [0.1, 0.15) is 0 Å². The summed E-state index contributed by atoms with van der Waals surface area (Å²) in [5, 5.41) is 5.62. The monoisotopic (exact) mass is 270 g/mol. The van der Waals surface area contributed by atoms with Gasteiger partial charge < -0.3 is 10.6 Å². The first-order chi connectivity index (χ1) is 9.81. The van der Waals surface area contributed by atoms with Crippen molar-refractivity contribution in [3.05, 3.63) is 48.4 Å². The Kier molecular flexibility index (Phi) is 5.06. The Morgan fingerprint density at radius 3 is 2.70 bits per heavy atom. The minimum Gasteiger partial charge on any atom is -0.338 e. The van der Waals surface area contributed by atoms with Crippen molar-refractivity contribution in [3.8, 4) is 11.3 Å². The number of rotatable bonds is 5. The SMILES string of the molecule is CCCNC(=O)NCc1cccnc1-c1ccncc1. The van der Waals surface area contributed by atoms with Gasteiger partial charge in [-0.15, -0.1) is 0 Å². The van der Waals surface area contributed by atoms with Crippen LogP contribution >= 0.6 is 0 Å². The number of carbonyl (C=O) groups excluding carboxylic acids is 1. The summed E-state index contributed by atoms with van der Waals surface area (Å²) < 4.78 is 0. The van der Waals surface area contributed by atoms with Crippen LogP contribution in [0.25, 0.3) is 11.3 Å². The Morgan fingerprint density at radius 1 is 1.15 bits per heavy atom. The largest absolute Gasteiger partial charge is 0.338 e. The van der Waals surface area contributed by atoms with Crippen molar-refractivity contribution in [2.45, 2.75) is 19.9 Å². The molecule has 2 amide bonds. The second-order valence-electron chi connectivity index (χ2n) is 4.36. The van der Waals surface area contributed by atoms with Gasteiger partial charge in [-0.25, -0.2) is 4.79 Å². The first kappa shape index (κ1) is 14.0. The zero-order valence-electron chi connectivity index (χ0n) is 11.5. The first-order valence-electron chi connectivity index (χ1n) is 6.67. The van der Waals surface area contributed by atoms with Crippen LogP contribution in [0.5, 0.6) is 0 Å². The van der Waals surface area contributed by atoms with Gasteiger partial charge in [0.15, 0.2) is 0 Å². The third kappa shape index (κ3) is 3.78. The highest BCUT2D eigenvalue weighted by atomic mass is 16.2. The second kappa shape index (κ2) is 7.23. The van der Waals surface area contributed by atoms with Gasteiger partial charge in [0, 0.05) is 37.2 Å². The standard InChI is InChI=1S/C15H18N4O/c1-2-7-18-15(20)19-11-13-4-3-8-17-14(13)12-5-9-16-10-6-12/h3-6,8-10H,2,7,11H2,1H3,(H2,18,19,20). The number of carbonyl (C=O) groups is 1. The molecule has 5 heteroatoms. The van der Waals surface area contributed by atoms with E-state index in [2.05, 4.69) is 20.6 Å². The maximum Gasteiger partial charge on any atom is 0.315 e. The molecule has 0 aliphatic carbocycles. The molecular weight excluding hydrogens is 252 g/mol. The number of pyridine rings is 2. The zero-order valence-corrected chi connectivity index (χ0v) is 11.5. The number of urea groups is 1. The van der Waals surface area contributed by atoms with Crippen molar-refractivity contribution < 1.29 is 4.79 Å². The van der Waals surface area contributed by atoms with E-state index in [0.29, 0.717) is 13.1 Å². The molecule has 0 aromatic carbocycles. The normalized spacial score (nSPS) is 10.1. The maximum atomic E-state index is 11.6. The van der Waals surface area contributed by atoms with Gasteiger partial charge in [0.05, 0.1) is 5.69 Å². The van der Waals surface area contributed by atoms with E-state index in [4.69, 9.17) is 0 Å². The minimum atomic E-state index is -0.156. The van der Waals surface area contributed by atoms with Crippen molar-refractivity contribution in [1.29, 1.82) is 0 Å². The van der Waals surface area contributed by atoms with E-state index in [0.717, 1.165) is 23.2 Å². The van der Waals surface area contributed by atoms with Crippen molar-refractivity contribution in [2.75, 3.05) is 6.54 Å². The average molecular weight is 270 g/mol. The number of nitrogens with zero attached hydrogens (tertiary/aromatic N) is 2. The van der Waals surface area contributed by atoms with Gasteiger partial charge in [-0.3, -0.25) is 9.97 Å². The number of amides is 2. The highest BCUT2D eigenvalue weighted by molar-refractivity contribution is 5.74.